The molecule has 4 nitrogen and oxygen atoms in total. The third kappa shape index (κ3) is 3.13. The van der Waals surface area contributed by atoms with Crippen LogP contribution in [-0.4, -0.2) is 9.97 Å². The average Bonchev–Trinajstić information content (AvgIpc) is 3.26. The van der Waals surface area contributed by atoms with Gasteiger partial charge in [-0.2, -0.15) is 5.26 Å². The largest absolute Gasteiger partial charge is 0.457 e. The predicted molar refractivity (Wildman–Crippen MR) is 103 cm³/mol. The zero-order chi connectivity index (χ0) is 18.1. The van der Waals surface area contributed by atoms with E-state index in [1.165, 1.54) is 0 Å². The first-order chi connectivity index (χ1) is 12.6. The predicted octanol–water partition coefficient (Wildman–Crippen LogP) is 5.85. The van der Waals surface area contributed by atoms with Gasteiger partial charge in [0.1, 0.15) is 23.4 Å². The van der Waals surface area contributed by atoms with E-state index in [-0.39, 0.29) is 0 Å². The summed E-state index contributed by atoms with van der Waals surface area (Å²) in [7, 11) is 0. The molecule has 126 valence electrons. The van der Waals surface area contributed by atoms with Crippen molar-refractivity contribution < 1.29 is 4.42 Å². The SMILES string of the molecule is Cc1ccc2nc(/C(C#N)=C/c3ccc(-c4ccc(Cl)cc4)o3)[nH]c2c1. The fourth-order valence-corrected chi connectivity index (χ4v) is 2.87. The number of aromatic amines is 1. The van der Waals surface area contributed by atoms with Crippen LogP contribution in [-0.2, 0) is 0 Å². The number of nitriles is 1. The highest BCUT2D eigenvalue weighted by atomic mass is 35.5. The molecule has 26 heavy (non-hydrogen) atoms. The molecule has 0 saturated carbocycles. The molecule has 0 unspecified atom stereocenters. The number of halogens is 1. The molecule has 0 radical (unpaired) electrons. The van der Waals surface area contributed by atoms with Crippen molar-refractivity contribution >= 4 is 34.3 Å². The second-order valence-electron chi connectivity index (χ2n) is 5.98. The number of benzene rings is 2. The van der Waals surface area contributed by atoms with E-state index in [4.69, 9.17) is 16.0 Å². The van der Waals surface area contributed by atoms with Crippen molar-refractivity contribution in [3.8, 4) is 17.4 Å². The maximum absolute atomic E-state index is 9.54. The Morgan fingerprint density at radius 2 is 1.96 bits per heavy atom. The van der Waals surface area contributed by atoms with Crippen LogP contribution < -0.4 is 0 Å². The van der Waals surface area contributed by atoms with Crippen LogP contribution in [0.4, 0.5) is 0 Å². The Morgan fingerprint density at radius 1 is 1.15 bits per heavy atom. The minimum absolute atomic E-state index is 0.413. The summed E-state index contributed by atoms with van der Waals surface area (Å²) >= 11 is 5.92. The summed E-state index contributed by atoms with van der Waals surface area (Å²) in [6, 6.07) is 19.2. The van der Waals surface area contributed by atoms with Crippen molar-refractivity contribution in [1.29, 1.82) is 5.26 Å². The highest BCUT2D eigenvalue weighted by Gasteiger charge is 2.10. The van der Waals surface area contributed by atoms with Crippen LogP contribution in [0.25, 0.3) is 34.0 Å². The molecule has 4 aromatic rings. The maximum Gasteiger partial charge on any atom is 0.149 e. The van der Waals surface area contributed by atoms with Gasteiger partial charge in [0.2, 0.25) is 0 Å². The Bertz CT molecular complexity index is 1160. The summed E-state index contributed by atoms with van der Waals surface area (Å²) in [6.45, 7) is 2.02. The van der Waals surface area contributed by atoms with Crippen LogP contribution in [0.2, 0.25) is 5.02 Å². The van der Waals surface area contributed by atoms with Gasteiger partial charge in [-0.15, -0.1) is 0 Å². The van der Waals surface area contributed by atoms with Crippen molar-refractivity contribution in [2.24, 2.45) is 0 Å². The number of hydrogen-bond donors (Lipinski definition) is 1. The van der Waals surface area contributed by atoms with Gasteiger partial charge < -0.3 is 9.40 Å². The Hall–Kier alpha value is -3.29. The zero-order valence-corrected chi connectivity index (χ0v) is 14.7. The van der Waals surface area contributed by atoms with Crippen LogP contribution in [0.5, 0.6) is 0 Å². The van der Waals surface area contributed by atoms with Crippen LogP contribution in [0, 0.1) is 18.3 Å². The molecule has 2 aromatic carbocycles. The van der Waals surface area contributed by atoms with Crippen LogP contribution >= 0.6 is 11.6 Å². The number of aromatic nitrogens is 2. The second kappa shape index (κ2) is 6.55. The van der Waals surface area contributed by atoms with Gasteiger partial charge in [-0.3, -0.25) is 0 Å². The van der Waals surface area contributed by atoms with Gasteiger partial charge in [-0.05, 0) is 61.0 Å². The first-order valence-electron chi connectivity index (χ1n) is 8.07. The minimum atomic E-state index is 0.413. The van der Waals surface area contributed by atoms with Crippen molar-refractivity contribution in [2.45, 2.75) is 6.92 Å². The molecule has 0 amide bonds. The molecule has 2 heterocycles. The smallest absolute Gasteiger partial charge is 0.149 e. The summed E-state index contributed by atoms with van der Waals surface area (Å²) in [4.78, 5) is 7.69. The molecular weight excluding hydrogens is 346 g/mol. The second-order valence-corrected chi connectivity index (χ2v) is 6.42. The molecule has 0 saturated heterocycles. The van der Waals surface area contributed by atoms with Crippen molar-refractivity contribution in [1.82, 2.24) is 9.97 Å². The molecule has 0 aliphatic carbocycles. The number of imidazole rings is 1. The molecule has 0 spiro atoms. The van der Waals surface area contributed by atoms with E-state index in [0.29, 0.717) is 27.9 Å². The number of rotatable bonds is 3. The highest BCUT2D eigenvalue weighted by Crippen LogP contribution is 2.26. The van der Waals surface area contributed by atoms with E-state index in [1.807, 2.05) is 61.5 Å². The van der Waals surface area contributed by atoms with Crippen LogP contribution in [0.3, 0.4) is 0 Å². The average molecular weight is 360 g/mol. The van der Waals surface area contributed by atoms with Gasteiger partial charge in [-0.25, -0.2) is 4.98 Å². The summed E-state index contributed by atoms with van der Waals surface area (Å²) in [6.07, 6.45) is 1.68. The number of aryl methyl sites for hydroxylation is 1. The Balaban J connectivity index is 1.69. The third-order valence-corrected chi connectivity index (χ3v) is 4.31. The summed E-state index contributed by atoms with van der Waals surface area (Å²) in [5, 5.41) is 10.2. The van der Waals surface area contributed by atoms with Gasteiger partial charge in [0.05, 0.1) is 16.6 Å². The molecule has 0 aliphatic rings. The Kier molecular flexibility index (Phi) is 4.08. The molecule has 4 rings (SSSR count). The fraction of sp³-hybridized carbons (Fsp3) is 0.0476. The lowest BCUT2D eigenvalue weighted by Gasteiger charge is -1.97. The molecule has 5 heteroatoms. The summed E-state index contributed by atoms with van der Waals surface area (Å²) in [5.41, 5.74) is 4.20. The van der Waals surface area contributed by atoms with Gasteiger partial charge in [-0.1, -0.05) is 17.7 Å². The van der Waals surface area contributed by atoms with Crippen LogP contribution in [0.1, 0.15) is 17.1 Å². The topological polar surface area (TPSA) is 65.6 Å². The van der Waals surface area contributed by atoms with E-state index < -0.39 is 0 Å². The number of fused-ring (bicyclic) bond motifs is 1. The quantitative estimate of drug-likeness (QED) is 0.466. The van der Waals surface area contributed by atoms with Crippen molar-refractivity contribution in [3.05, 3.63) is 76.8 Å². The molecule has 0 bridgehead atoms. The fourth-order valence-electron chi connectivity index (χ4n) is 2.75. The highest BCUT2D eigenvalue weighted by molar-refractivity contribution is 6.30. The zero-order valence-electron chi connectivity index (χ0n) is 14.0. The van der Waals surface area contributed by atoms with E-state index >= 15 is 0 Å². The monoisotopic (exact) mass is 359 g/mol. The van der Waals surface area contributed by atoms with Gasteiger partial charge >= 0.3 is 0 Å². The van der Waals surface area contributed by atoms with Crippen molar-refractivity contribution in [3.63, 3.8) is 0 Å². The molecule has 0 atom stereocenters. The van der Waals surface area contributed by atoms with E-state index in [9.17, 15) is 5.26 Å². The lowest BCUT2D eigenvalue weighted by atomic mass is 10.2. The van der Waals surface area contributed by atoms with Gasteiger partial charge in [0.25, 0.3) is 0 Å². The standard InChI is InChI=1S/C21H14ClN3O/c1-13-2-8-18-19(10-13)25-21(24-18)15(12-23)11-17-7-9-20(26-17)14-3-5-16(22)6-4-14/h2-11H,1H3,(H,24,25)/b15-11+. The first-order valence-corrected chi connectivity index (χ1v) is 8.44. The summed E-state index contributed by atoms with van der Waals surface area (Å²) < 4.78 is 5.84. The minimum Gasteiger partial charge on any atom is -0.457 e. The lowest BCUT2D eigenvalue weighted by Crippen LogP contribution is -1.84. The number of nitrogens with one attached hydrogen (secondary N) is 1. The van der Waals surface area contributed by atoms with Gasteiger partial charge in [0, 0.05) is 16.7 Å². The third-order valence-electron chi connectivity index (χ3n) is 4.06. The number of hydrogen-bond acceptors (Lipinski definition) is 3. The Labute approximate surface area is 155 Å². The van der Waals surface area contributed by atoms with E-state index in [1.54, 1.807) is 6.08 Å². The lowest BCUT2D eigenvalue weighted by molar-refractivity contribution is 0.572. The summed E-state index contributed by atoms with van der Waals surface area (Å²) in [5.74, 6) is 1.83. The number of nitrogens with zero attached hydrogens (tertiary/aromatic N) is 2. The van der Waals surface area contributed by atoms with Crippen molar-refractivity contribution in [2.75, 3.05) is 0 Å². The molecule has 0 fully saturated rings. The van der Waals surface area contributed by atoms with E-state index in [0.717, 1.165) is 22.2 Å². The molecule has 1 N–H and O–H groups in total. The van der Waals surface area contributed by atoms with Gasteiger partial charge in [0.15, 0.2) is 0 Å². The normalized spacial score (nSPS) is 11.7. The van der Waals surface area contributed by atoms with Crippen LogP contribution in [0.15, 0.2) is 59.0 Å². The molecule has 2 aromatic heterocycles. The molecule has 0 aliphatic heterocycles. The number of allylic oxidation sites excluding steroid dienone is 1. The maximum atomic E-state index is 9.54. The Morgan fingerprint density at radius 3 is 2.73 bits per heavy atom. The number of H-pyrrole nitrogens is 1. The molecular formula is C21H14ClN3O. The van der Waals surface area contributed by atoms with E-state index in [2.05, 4.69) is 16.0 Å². The number of furan rings is 1. The first kappa shape index (κ1) is 16.2.